The molecular formula is C23H24N2O5S. The molecule has 0 bridgehead atoms. The molecule has 1 atom stereocenters. The van der Waals surface area contributed by atoms with Crippen LogP contribution < -0.4 is 19.5 Å². The van der Waals surface area contributed by atoms with Crippen molar-refractivity contribution in [3.05, 3.63) is 84.4 Å². The van der Waals surface area contributed by atoms with Crippen LogP contribution in [0.15, 0.2) is 83.8 Å². The summed E-state index contributed by atoms with van der Waals surface area (Å²) in [5.74, 6) is 0.955. The van der Waals surface area contributed by atoms with Crippen LogP contribution in [0.2, 0.25) is 0 Å². The van der Waals surface area contributed by atoms with E-state index in [4.69, 9.17) is 9.47 Å². The number of para-hydroxylation sites is 1. The first-order chi connectivity index (χ1) is 14.9. The molecule has 31 heavy (non-hydrogen) atoms. The molecule has 0 spiro atoms. The maximum Gasteiger partial charge on any atom is 0.261 e. The summed E-state index contributed by atoms with van der Waals surface area (Å²) in [6, 6.07) is 21.4. The molecule has 0 unspecified atom stereocenters. The lowest BCUT2D eigenvalue weighted by molar-refractivity contribution is 0.0926. The molecule has 1 amide bonds. The maximum absolute atomic E-state index is 12.6. The molecule has 0 saturated carbocycles. The quantitative estimate of drug-likeness (QED) is 0.529. The molecule has 162 valence electrons. The zero-order valence-corrected chi connectivity index (χ0v) is 18.1. The summed E-state index contributed by atoms with van der Waals surface area (Å²) in [6.45, 7) is 2.14. The average Bonchev–Trinajstić information content (AvgIpc) is 2.78. The largest absolute Gasteiger partial charge is 0.497 e. The van der Waals surface area contributed by atoms with E-state index in [1.165, 1.54) is 25.3 Å². The van der Waals surface area contributed by atoms with Crippen LogP contribution in [0.1, 0.15) is 17.3 Å². The standard InChI is InChI=1S/C23H24N2O5S/c1-17(16-30-21-9-4-3-5-10-21)24-23(26)18-7-6-8-19(15-18)25-31(27,28)22-13-11-20(29-2)12-14-22/h3-15,17,25H,16H2,1-2H3,(H,24,26)/t17-/m1/s1. The normalized spacial score (nSPS) is 11.9. The van der Waals surface area contributed by atoms with E-state index >= 15 is 0 Å². The number of sulfonamides is 1. The third kappa shape index (κ3) is 6.23. The van der Waals surface area contributed by atoms with Gasteiger partial charge in [0.1, 0.15) is 18.1 Å². The van der Waals surface area contributed by atoms with Crippen molar-refractivity contribution in [3.8, 4) is 11.5 Å². The Morgan fingerprint density at radius 1 is 0.935 bits per heavy atom. The van der Waals surface area contributed by atoms with Crippen LogP contribution in [0, 0.1) is 0 Å². The minimum Gasteiger partial charge on any atom is -0.497 e. The number of carbonyl (C=O) groups excluding carboxylic acids is 1. The van der Waals surface area contributed by atoms with E-state index in [0.29, 0.717) is 17.9 Å². The Morgan fingerprint density at radius 2 is 1.65 bits per heavy atom. The number of rotatable bonds is 9. The Bertz CT molecular complexity index is 1120. The van der Waals surface area contributed by atoms with Gasteiger partial charge in [0.05, 0.1) is 18.0 Å². The zero-order valence-electron chi connectivity index (χ0n) is 17.2. The van der Waals surface area contributed by atoms with Gasteiger partial charge in [-0.2, -0.15) is 0 Å². The number of ether oxygens (including phenoxy) is 2. The fraction of sp³-hybridized carbons (Fsp3) is 0.174. The molecule has 8 heteroatoms. The van der Waals surface area contributed by atoms with E-state index in [-0.39, 0.29) is 22.5 Å². The predicted molar refractivity (Wildman–Crippen MR) is 119 cm³/mol. The van der Waals surface area contributed by atoms with Crippen molar-refractivity contribution in [2.24, 2.45) is 0 Å². The lowest BCUT2D eigenvalue weighted by atomic mass is 10.2. The van der Waals surface area contributed by atoms with E-state index in [2.05, 4.69) is 10.0 Å². The second kappa shape index (κ2) is 9.99. The first-order valence-corrected chi connectivity index (χ1v) is 11.1. The van der Waals surface area contributed by atoms with Crippen LogP contribution in [-0.4, -0.2) is 34.1 Å². The summed E-state index contributed by atoms with van der Waals surface area (Å²) in [6.07, 6.45) is 0. The van der Waals surface area contributed by atoms with Crippen molar-refractivity contribution in [2.75, 3.05) is 18.4 Å². The molecule has 0 radical (unpaired) electrons. The Balaban J connectivity index is 1.62. The fourth-order valence-electron chi connectivity index (χ4n) is 2.78. The summed E-state index contributed by atoms with van der Waals surface area (Å²) in [5.41, 5.74) is 0.623. The number of carbonyl (C=O) groups is 1. The first-order valence-electron chi connectivity index (χ1n) is 9.63. The van der Waals surface area contributed by atoms with Crippen molar-refractivity contribution in [1.82, 2.24) is 5.32 Å². The smallest absolute Gasteiger partial charge is 0.261 e. The highest BCUT2D eigenvalue weighted by Gasteiger charge is 2.16. The van der Waals surface area contributed by atoms with Gasteiger partial charge in [-0.25, -0.2) is 8.42 Å². The van der Waals surface area contributed by atoms with Crippen LogP contribution >= 0.6 is 0 Å². The molecule has 0 fully saturated rings. The predicted octanol–water partition coefficient (Wildman–Crippen LogP) is 3.69. The number of methoxy groups -OCH3 is 1. The second-order valence-corrected chi connectivity index (χ2v) is 8.54. The lowest BCUT2D eigenvalue weighted by Crippen LogP contribution is -2.36. The molecular weight excluding hydrogens is 416 g/mol. The van der Waals surface area contributed by atoms with Gasteiger partial charge in [0.25, 0.3) is 15.9 Å². The number of hydrogen-bond donors (Lipinski definition) is 2. The van der Waals surface area contributed by atoms with Crippen LogP contribution in [0.5, 0.6) is 11.5 Å². The van der Waals surface area contributed by atoms with Crippen LogP contribution in [0.25, 0.3) is 0 Å². The van der Waals surface area contributed by atoms with Crippen LogP contribution in [-0.2, 0) is 10.0 Å². The SMILES string of the molecule is COc1ccc(S(=O)(=O)Nc2cccc(C(=O)N[C@H](C)COc3ccccc3)c2)cc1. The second-order valence-electron chi connectivity index (χ2n) is 6.86. The number of amides is 1. The molecule has 3 aromatic rings. The van der Waals surface area contributed by atoms with Gasteiger partial charge in [-0.05, 0) is 61.5 Å². The van der Waals surface area contributed by atoms with Gasteiger partial charge in [0.2, 0.25) is 0 Å². The summed E-state index contributed by atoms with van der Waals surface area (Å²) in [4.78, 5) is 12.7. The van der Waals surface area contributed by atoms with E-state index in [9.17, 15) is 13.2 Å². The van der Waals surface area contributed by atoms with Gasteiger partial charge >= 0.3 is 0 Å². The van der Waals surface area contributed by atoms with Crippen molar-refractivity contribution in [3.63, 3.8) is 0 Å². The van der Waals surface area contributed by atoms with Crippen molar-refractivity contribution in [2.45, 2.75) is 17.9 Å². The molecule has 0 aliphatic heterocycles. The van der Waals surface area contributed by atoms with Gasteiger partial charge in [0.15, 0.2) is 0 Å². The molecule has 0 saturated heterocycles. The summed E-state index contributed by atoms with van der Waals surface area (Å²) < 4.78 is 38.4. The van der Waals surface area contributed by atoms with E-state index in [1.54, 1.807) is 30.3 Å². The molecule has 7 nitrogen and oxygen atoms in total. The minimum atomic E-state index is -3.80. The Labute approximate surface area is 182 Å². The molecule has 0 aliphatic rings. The van der Waals surface area contributed by atoms with E-state index in [0.717, 1.165) is 5.75 Å². The van der Waals surface area contributed by atoms with Crippen molar-refractivity contribution < 1.29 is 22.7 Å². The zero-order chi connectivity index (χ0) is 22.3. The minimum absolute atomic E-state index is 0.0924. The average molecular weight is 441 g/mol. The first kappa shape index (κ1) is 22.2. The van der Waals surface area contributed by atoms with Gasteiger partial charge in [-0.3, -0.25) is 9.52 Å². The highest BCUT2D eigenvalue weighted by atomic mass is 32.2. The third-order valence-corrected chi connectivity index (χ3v) is 5.76. The molecule has 3 aromatic carbocycles. The summed E-state index contributed by atoms with van der Waals surface area (Å²) >= 11 is 0. The number of nitrogens with one attached hydrogen (secondary N) is 2. The number of anilines is 1. The number of benzene rings is 3. The number of hydrogen-bond acceptors (Lipinski definition) is 5. The van der Waals surface area contributed by atoms with Gasteiger partial charge in [-0.15, -0.1) is 0 Å². The Hall–Kier alpha value is -3.52. The Kier molecular flexibility index (Phi) is 7.15. The third-order valence-electron chi connectivity index (χ3n) is 4.37. The van der Waals surface area contributed by atoms with Gasteiger partial charge in [-0.1, -0.05) is 24.3 Å². The topological polar surface area (TPSA) is 93.7 Å². The highest BCUT2D eigenvalue weighted by molar-refractivity contribution is 7.92. The van der Waals surface area contributed by atoms with Crippen LogP contribution in [0.4, 0.5) is 5.69 Å². The lowest BCUT2D eigenvalue weighted by Gasteiger charge is -2.15. The highest BCUT2D eigenvalue weighted by Crippen LogP contribution is 2.20. The van der Waals surface area contributed by atoms with Crippen LogP contribution in [0.3, 0.4) is 0 Å². The van der Waals surface area contributed by atoms with Gasteiger partial charge < -0.3 is 14.8 Å². The monoisotopic (exact) mass is 440 g/mol. The summed E-state index contributed by atoms with van der Waals surface area (Å²) in [7, 11) is -2.29. The maximum atomic E-state index is 12.6. The van der Waals surface area contributed by atoms with Gasteiger partial charge in [0, 0.05) is 11.3 Å². The Morgan fingerprint density at radius 3 is 2.32 bits per heavy atom. The fourth-order valence-corrected chi connectivity index (χ4v) is 3.83. The van der Waals surface area contributed by atoms with Crippen molar-refractivity contribution >= 4 is 21.6 Å². The summed E-state index contributed by atoms with van der Waals surface area (Å²) in [5, 5.41) is 2.85. The van der Waals surface area contributed by atoms with E-state index in [1.807, 2.05) is 37.3 Å². The molecule has 0 heterocycles. The molecule has 0 aliphatic carbocycles. The molecule has 2 N–H and O–H groups in total. The van der Waals surface area contributed by atoms with Crippen molar-refractivity contribution in [1.29, 1.82) is 0 Å². The van der Waals surface area contributed by atoms with E-state index < -0.39 is 10.0 Å². The molecule has 3 rings (SSSR count). The molecule has 0 aromatic heterocycles.